The number of nitrogens with zero attached hydrogens (tertiary/aromatic N) is 1. The van der Waals surface area contributed by atoms with E-state index in [2.05, 4.69) is 11.1 Å². The summed E-state index contributed by atoms with van der Waals surface area (Å²) in [5.74, 6) is 0.811. The summed E-state index contributed by atoms with van der Waals surface area (Å²) in [7, 11) is 1.69. The van der Waals surface area contributed by atoms with Crippen LogP contribution in [0.3, 0.4) is 0 Å². The molecule has 0 atom stereocenters. The summed E-state index contributed by atoms with van der Waals surface area (Å²) in [6, 6.07) is 3.31. The highest BCUT2D eigenvalue weighted by Gasteiger charge is 2.15. The van der Waals surface area contributed by atoms with Gasteiger partial charge in [-0.3, -0.25) is 0 Å². The van der Waals surface area contributed by atoms with Crippen LogP contribution in [0.2, 0.25) is 0 Å². The van der Waals surface area contributed by atoms with Gasteiger partial charge in [-0.1, -0.05) is 0 Å². The minimum atomic E-state index is 0.811. The molecule has 2 rings (SSSR count). The Labute approximate surface area is 78.9 Å². The second-order valence-electron chi connectivity index (χ2n) is 3.50. The first kappa shape index (κ1) is 8.54. The molecule has 2 nitrogen and oxygen atoms in total. The molecular weight excluding hydrogens is 162 g/mol. The molecule has 69 valence electrons. The van der Waals surface area contributed by atoms with Crippen LogP contribution >= 0.6 is 0 Å². The highest BCUT2D eigenvalue weighted by atomic mass is 16.5. The molecule has 1 radical (unpaired) electrons. The Balaban J connectivity index is 2.50. The van der Waals surface area contributed by atoms with Crippen LogP contribution in [0, 0.1) is 13.0 Å². The molecule has 1 aliphatic rings. The molecule has 13 heavy (non-hydrogen) atoms. The van der Waals surface area contributed by atoms with E-state index in [0.717, 1.165) is 24.4 Å². The van der Waals surface area contributed by atoms with Crippen molar-refractivity contribution in [3.63, 3.8) is 0 Å². The summed E-state index contributed by atoms with van der Waals surface area (Å²) >= 11 is 0. The molecule has 2 heteroatoms. The number of ether oxygens (including phenoxy) is 1. The zero-order chi connectivity index (χ0) is 9.26. The van der Waals surface area contributed by atoms with Gasteiger partial charge in [0.15, 0.2) is 0 Å². The van der Waals surface area contributed by atoms with Crippen molar-refractivity contribution in [2.45, 2.75) is 32.6 Å². The molecule has 1 aromatic rings. The molecule has 1 aliphatic carbocycles. The third kappa shape index (κ3) is 1.53. The van der Waals surface area contributed by atoms with E-state index < -0.39 is 0 Å². The predicted molar refractivity (Wildman–Crippen MR) is 51.0 cm³/mol. The van der Waals surface area contributed by atoms with Crippen molar-refractivity contribution in [2.75, 3.05) is 7.11 Å². The minimum absolute atomic E-state index is 0.811. The van der Waals surface area contributed by atoms with E-state index in [9.17, 15) is 0 Å². The van der Waals surface area contributed by atoms with Crippen molar-refractivity contribution in [3.8, 4) is 5.88 Å². The highest BCUT2D eigenvalue weighted by Crippen LogP contribution is 2.27. The van der Waals surface area contributed by atoms with Crippen molar-refractivity contribution < 1.29 is 4.74 Å². The Morgan fingerprint density at radius 2 is 2.08 bits per heavy atom. The molecule has 0 aliphatic heterocycles. The highest BCUT2D eigenvalue weighted by molar-refractivity contribution is 5.37. The molecule has 0 spiro atoms. The van der Waals surface area contributed by atoms with Crippen molar-refractivity contribution in [1.29, 1.82) is 0 Å². The number of pyridine rings is 1. The zero-order valence-corrected chi connectivity index (χ0v) is 8.18. The molecular formula is C11H14NO. The third-order valence-corrected chi connectivity index (χ3v) is 2.52. The molecule has 0 amide bonds. The summed E-state index contributed by atoms with van der Waals surface area (Å²) in [5, 5.41) is 0. The van der Waals surface area contributed by atoms with Gasteiger partial charge in [0.05, 0.1) is 7.11 Å². The molecule has 1 heterocycles. The number of hydrogen-bond donors (Lipinski definition) is 0. The van der Waals surface area contributed by atoms with Gasteiger partial charge in [-0.15, -0.1) is 0 Å². The van der Waals surface area contributed by atoms with E-state index >= 15 is 0 Å². The molecule has 1 aromatic heterocycles. The fourth-order valence-corrected chi connectivity index (χ4v) is 1.91. The predicted octanol–water partition coefficient (Wildman–Crippen LogP) is 2.08. The monoisotopic (exact) mass is 176 g/mol. The molecule has 0 bridgehead atoms. The number of fused-ring (bicyclic) bond motifs is 1. The van der Waals surface area contributed by atoms with Crippen LogP contribution in [-0.4, -0.2) is 12.1 Å². The van der Waals surface area contributed by atoms with Gasteiger partial charge >= 0.3 is 0 Å². The normalized spacial score (nSPS) is 15.2. The molecule has 0 saturated carbocycles. The SMILES string of the molecule is COc1nc(C)[c]c2c1CCCC2. The first-order valence-electron chi connectivity index (χ1n) is 4.77. The fraction of sp³-hybridized carbons (Fsp3) is 0.545. The summed E-state index contributed by atoms with van der Waals surface area (Å²) in [6.07, 6.45) is 4.76. The Morgan fingerprint density at radius 1 is 1.31 bits per heavy atom. The van der Waals surface area contributed by atoms with Gasteiger partial charge in [-0.05, 0) is 38.2 Å². The van der Waals surface area contributed by atoms with Gasteiger partial charge in [0, 0.05) is 17.3 Å². The van der Waals surface area contributed by atoms with E-state index in [1.807, 2.05) is 6.92 Å². The quantitative estimate of drug-likeness (QED) is 0.653. The van der Waals surface area contributed by atoms with Crippen molar-refractivity contribution >= 4 is 0 Å². The van der Waals surface area contributed by atoms with Crippen LogP contribution < -0.4 is 4.74 Å². The molecule has 0 saturated heterocycles. The van der Waals surface area contributed by atoms with Crippen LogP contribution in [0.5, 0.6) is 5.88 Å². The lowest BCUT2D eigenvalue weighted by Crippen LogP contribution is -2.07. The lowest BCUT2D eigenvalue weighted by molar-refractivity contribution is 0.387. The van der Waals surface area contributed by atoms with Gasteiger partial charge in [0.1, 0.15) is 0 Å². The molecule has 0 N–H and O–H groups in total. The maximum absolute atomic E-state index is 5.26. The first-order valence-corrected chi connectivity index (χ1v) is 4.77. The lowest BCUT2D eigenvalue weighted by atomic mass is 9.92. The lowest BCUT2D eigenvalue weighted by Gasteiger charge is -2.17. The van der Waals surface area contributed by atoms with Gasteiger partial charge in [-0.25, -0.2) is 4.98 Å². The van der Waals surface area contributed by atoms with E-state index in [1.54, 1.807) is 7.11 Å². The topological polar surface area (TPSA) is 22.1 Å². The van der Waals surface area contributed by atoms with E-state index in [4.69, 9.17) is 4.74 Å². The molecule has 0 unspecified atom stereocenters. The van der Waals surface area contributed by atoms with E-state index in [1.165, 1.54) is 24.0 Å². The van der Waals surface area contributed by atoms with Crippen molar-refractivity contribution in [2.24, 2.45) is 0 Å². The number of hydrogen-bond acceptors (Lipinski definition) is 2. The van der Waals surface area contributed by atoms with Gasteiger partial charge in [0.2, 0.25) is 5.88 Å². The van der Waals surface area contributed by atoms with Crippen molar-refractivity contribution in [3.05, 3.63) is 22.9 Å². The van der Waals surface area contributed by atoms with Crippen LogP contribution in [-0.2, 0) is 12.8 Å². The number of methoxy groups -OCH3 is 1. The Morgan fingerprint density at radius 3 is 2.85 bits per heavy atom. The van der Waals surface area contributed by atoms with E-state index in [-0.39, 0.29) is 0 Å². The standard InChI is InChI=1S/C11H14NO/c1-8-7-9-5-3-4-6-10(9)11(12-8)13-2/h3-6H2,1-2H3. The van der Waals surface area contributed by atoms with Crippen LogP contribution in [0.25, 0.3) is 0 Å². The summed E-state index contributed by atoms with van der Waals surface area (Å²) < 4.78 is 5.26. The summed E-state index contributed by atoms with van der Waals surface area (Å²) in [4.78, 5) is 4.33. The smallest absolute Gasteiger partial charge is 0.216 e. The molecule has 0 fully saturated rings. The average molecular weight is 176 g/mol. The second kappa shape index (κ2) is 3.36. The number of aromatic nitrogens is 1. The minimum Gasteiger partial charge on any atom is -0.481 e. The maximum atomic E-state index is 5.26. The van der Waals surface area contributed by atoms with Gasteiger partial charge < -0.3 is 4.74 Å². The van der Waals surface area contributed by atoms with Crippen LogP contribution in [0.1, 0.15) is 29.7 Å². The number of rotatable bonds is 1. The van der Waals surface area contributed by atoms with Crippen LogP contribution in [0.15, 0.2) is 0 Å². The Bertz CT molecular complexity index is 303. The Hall–Kier alpha value is -1.05. The van der Waals surface area contributed by atoms with E-state index in [0.29, 0.717) is 0 Å². The fourth-order valence-electron chi connectivity index (χ4n) is 1.91. The Kier molecular flexibility index (Phi) is 2.21. The number of aryl methyl sites for hydroxylation is 2. The summed E-state index contributed by atoms with van der Waals surface area (Å²) in [6.45, 7) is 1.97. The van der Waals surface area contributed by atoms with Crippen molar-refractivity contribution in [1.82, 2.24) is 4.98 Å². The van der Waals surface area contributed by atoms with Crippen LogP contribution in [0.4, 0.5) is 0 Å². The average Bonchev–Trinajstić information content (AvgIpc) is 2.16. The first-order chi connectivity index (χ1) is 6.31. The van der Waals surface area contributed by atoms with Gasteiger partial charge in [-0.2, -0.15) is 0 Å². The third-order valence-electron chi connectivity index (χ3n) is 2.52. The summed E-state index contributed by atoms with van der Waals surface area (Å²) in [5.41, 5.74) is 3.53. The van der Waals surface area contributed by atoms with Gasteiger partial charge in [0.25, 0.3) is 0 Å². The zero-order valence-electron chi connectivity index (χ0n) is 8.18. The second-order valence-corrected chi connectivity index (χ2v) is 3.50. The largest absolute Gasteiger partial charge is 0.481 e. The molecule has 0 aromatic carbocycles. The maximum Gasteiger partial charge on any atom is 0.216 e.